The average molecular weight is 347 g/mol. The number of aryl methyl sites for hydroxylation is 2. The van der Waals surface area contributed by atoms with Gasteiger partial charge in [-0.2, -0.15) is 0 Å². The first-order chi connectivity index (χ1) is 12.5. The number of carbonyl (C=O) groups is 1. The molecule has 6 heteroatoms. The molecule has 26 heavy (non-hydrogen) atoms. The van der Waals surface area contributed by atoms with Crippen molar-refractivity contribution in [1.29, 1.82) is 0 Å². The highest BCUT2D eigenvalue weighted by Crippen LogP contribution is 2.23. The van der Waals surface area contributed by atoms with Gasteiger partial charge in [0.2, 0.25) is 5.91 Å². The van der Waals surface area contributed by atoms with Gasteiger partial charge in [0.1, 0.15) is 17.5 Å². The van der Waals surface area contributed by atoms with Crippen LogP contribution < -0.4 is 16.0 Å². The van der Waals surface area contributed by atoms with Crippen molar-refractivity contribution < 1.29 is 4.79 Å². The molecule has 2 aromatic carbocycles. The molecule has 1 aromatic heterocycles. The van der Waals surface area contributed by atoms with Gasteiger partial charge in [0.25, 0.3) is 0 Å². The van der Waals surface area contributed by atoms with Gasteiger partial charge in [0.15, 0.2) is 0 Å². The lowest BCUT2D eigenvalue weighted by atomic mass is 10.2. The van der Waals surface area contributed by atoms with E-state index in [4.69, 9.17) is 0 Å². The molecule has 3 N–H and O–H groups in total. The molecule has 0 radical (unpaired) electrons. The Labute approximate surface area is 152 Å². The summed E-state index contributed by atoms with van der Waals surface area (Å²) in [7, 11) is 0. The molecule has 0 unspecified atom stereocenters. The molecule has 0 aliphatic rings. The van der Waals surface area contributed by atoms with Gasteiger partial charge in [-0.3, -0.25) is 4.79 Å². The highest BCUT2D eigenvalue weighted by Gasteiger charge is 2.05. The van der Waals surface area contributed by atoms with Crippen molar-refractivity contribution in [2.45, 2.75) is 20.8 Å². The van der Waals surface area contributed by atoms with E-state index in [9.17, 15) is 4.79 Å². The van der Waals surface area contributed by atoms with E-state index < -0.39 is 0 Å². The second-order valence-electron chi connectivity index (χ2n) is 6.01. The largest absolute Gasteiger partial charge is 0.340 e. The van der Waals surface area contributed by atoms with Crippen molar-refractivity contribution in [3.63, 3.8) is 0 Å². The molecule has 3 rings (SSSR count). The standard InChI is InChI=1S/C20H21N5O/c1-13-6-4-5-7-18(13)25-20-12-19(21-14(2)22-20)24-17-10-8-16(9-11-17)23-15(3)26/h4-12H,1-3H3,(H,23,26)(H2,21,22,24,25). The van der Waals surface area contributed by atoms with Crippen molar-refractivity contribution in [3.8, 4) is 0 Å². The van der Waals surface area contributed by atoms with Crippen LogP contribution in [0, 0.1) is 13.8 Å². The van der Waals surface area contributed by atoms with Crippen LogP contribution in [0.4, 0.5) is 28.7 Å². The zero-order chi connectivity index (χ0) is 18.5. The molecule has 1 amide bonds. The molecule has 132 valence electrons. The molecular formula is C20H21N5O. The first-order valence-corrected chi connectivity index (χ1v) is 8.32. The Balaban J connectivity index is 1.77. The summed E-state index contributed by atoms with van der Waals surface area (Å²) in [4.78, 5) is 20.0. The minimum Gasteiger partial charge on any atom is -0.340 e. The fourth-order valence-corrected chi connectivity index (χ4v) is 2.53. The summed E-state index contributed by atoms with van der Waals surface area (Å²) in [6.45, 7) is 5.39. The smallest absolute Gasteiger partial charge is 0.221 e. The SMILES string of the molecule is CC(=O)Nc1ccc(Nc2cc(Nc3ccccc3C)nc(C)n2)cc1. The maximum absolute atomic E-state index is 11.1. The molecule has 3 aromatic rings. The number of rotatable bonds is 5. The summed E-state index contributed by atoms with van der Waals surface area (Å²) in [5.41, 5.74) is 3.78. The Morgan fingerprint density at radius 3 is 2.12 bits per heavy atom. The van der Waals surface area contributed by atoms with Crippen LogP contribution in [-0.4, -0.2) is 15.9 Å². The Morgan fingerprint density at radius 1 is 0.846 bits per heavy atom. The van der Waals surface area contributed by atoms with Crippen LogP contribution in [0.3, 0.4) is 0 Å². The second kappa shape index (κ2) is 7.65. The first-order valence-electron chi connectivity index (χ1n) is 8.32. The molecule has 6 nitrogen and oxygen atoms in total. The van der Waals surface area contributed by atoms with Crippen LogP contribution in [0.25, 0.3) is 0 Å². The number of benzene rings is 2. The van der Waals surface area contributed by atoms with Gasteiger partial charge >= 0.3 is 0 Å². The fraction of sp³-hybridized carbons (Fsp3) is 0.150. The summed E-state index contributed by atoms with van der Waals surface area (Å²) in [5.74, 6) is 2.00. The number of anilines is 5. The molecule has 0 atom stereocenters. The maximum Gasteiger partial charge on any atom is 0.221 e. The first kappa shape index (κ1) is 17.4. The quantitative estimate of drug-likeness (QED) is 0.631. The molecule has 0 fully saturated rings. The minimum absolute atomic E-state index is 0.0935. The highest BCUT2D eigenvalue weighted by molar-refractivity contribution is 5.88. The number of hydrogen-bond donors (Lipinski definition) is 3. The third kappa shape index (κ3) is 4.57. The summed E-state index contributed by atoms with van der Waals surface area (Å²) in [5, 5.41) is 9.34. The Morgan fingerprint density at radius 2 is 1.46 bits per heavy atom. The summed E-state index contributed by atoms with van der Waals surface area (Å²) in [6, 6.07) is 17.4. The third-order valence-corrected chi connectivity index (χ3v) is 3.72. The van der Waals surface area contributed by atoms with Crippen LogP contribution in [0.1, 0.15) is 18.3 Å². The number of carbonyl (C=O) groups excluding carboxylic acids is 1. The van der Waals surface area contributed by atoms with Crippen LogP contribution in [0.2, 0.25) is 0 Å². The van der Waals surface area contributed by atoms with Gasteiger partial charge in [-0.15, -0.1) is 0 Å². The summed E-state index contributed by atoms with van der Waals surface area (Å²) < 4.78 is 0. The zero-order valence-electron chi connectivity index (χ0n) is 15.0. The van der Waals surface area contributed by atoms with Crippen molar-refractivity contribution >= 4 is 34.6 Å². The van der Waals surface area contributed by atoms with Gasteiger partial charge in [-0.1, -0.05) is 18.2 Å². The lowest BCUT2D eigenvalue weighted by molar-refractivity contribution is -0.114. The normalized spacial score (nSPS) is 10.3. The monoisotopic (exact) mass is 347 g/mol. The summed E-state index contributed by atoms with van der Waals surface area (Å²) >= 11 is 0. The van der Waals surface area contributed by atoms with Crippen LogP contribution in [0.5, 0.6) is 0 Å². The van der Waals surface area contributed by atoms with Gasteiger partial charge in [-0.05, 0) is 49.7 Å². The summed E-state index contributed by atoms with van der Waals surface area (Å²) in [6.07, 6.45) is 0. The maximum atomic E-state index is 11.1. The van der Waals surface area contributed by atoms with Crippen LogP contribution in [0.15, 0.2) is 54.6 Å². The Kier molecular flexibility index (Phi) is 5.12. The van der Waals surface area contributed by atoms with E-state index in [1.807, 2.05) is 68.4 Å². The predicted molar refractivity (Wildman–Crippen MR) is 105 cm³/mol. The molecule has 1 heterocycles. The number of amides is 1. The van der Waals surface area contributed by atoms with Gasteiger partial charge in [0.05, 0.1) is 0 Å². The fourth-order valence-electron chi connectivity index (χ4n) is 2.53. The van der Waals surface area contributed by atoms with E-state index in [-0.39, 0.29) is 5.91 Å². The molecular weight excluding hydrogens is 326 g/mol. The van der Waals surface area contributed by atoms with Crippen molar-refractivity contribution in [3.05, 3.63) is 66.0 Å². The van der Waals surface area contributed by atoms with E-state index in [1.165, 1.54) is 6.92 Å². The number of nitrogens with one attached hydrogen (secondary N) is 3. The highest BCUT2D eigenvalue weighted by atomic mass is 16.1. The molecule has 0 saturated carbocycles. The van der Waals surface area contributed by atoms with Crippen LogP contribution in [-0.2, 0) is 4.79 Å². The van der Waals surface area contributed by atoms with Crippen LogP contribution >= 0.6 is 0 Å². The zero-order valence-corrected chi connectivity index (χ0v) is 15.0. The number of hydrogen-bond acceptors (Lipinski definition) is 5. The van der Waals surface area contributed by atoms with Crippen molar-refractivity contribution in [2.24, 2.45) is 0 Å². The topological polar surface area (TPSA) is 78.9 Å². The van der Waals surface area contributed by atoms with E-state index in [0.29, 0.717) is 11.6 Å². The lowest BCUT2D eigenvalue weighted by Gasteiger charge is -2.12. The van der Waals surface area contributed by atoms with E-state index in [1.54, 1.807) is 0 Å². The number of aromatic nitrogens is 2. The Hall–Kier alpha value is -3.41. The second-order valence-corrected chi connectivity index (χ2v) is 6.01. The minimum atomic E-state index is -0.0935. The van der Waals surface area contributed by atoms with Gasteiger partial charge in [-0.25, -0.2) is 9.97 Å². The molecule has 0 saturated heterocycles. The molecule has 0 spiro atoms. The number of nitrogens with zero attached hydrogens (tertiary/aromatic N) is 2. The molecule has 0 aliphatic carbocycles. The van der Waals surface area contributed by atoms with E-state index >= 15 is 0 Å². The van der Waals surface area contributed by atoms with Gasteiger partial charge in [0, 0.05) is 30.1 Å². The predicted octanol–water partition coefficient (Wildman–Crippen LogP) is 4.54. The third-order valence-electron chi connectivity index (χ3n) is 3.72. The molecule has 0 bridgehead atoms. The number of para-hydroxylation sites is 1. The Bertz CT molecular complexity index is 922. The van der Waals surface area contributed by atoms with Crippen molar-refractivity contribution in [2.75, 3.05) is 16.0 Å². The average Bonchev–Trinajstić information content (AvgIpc) is 2.58. The van der Waals surface area contributed by atoms with E-state index in [0.717, 1.165) is 28.4 Å². The molecule has 0 aliphatic heterocycles. The van der Waals surface area contributed by atoms with Gasteiger partial charge < -0.3 is 16.0 Å². The van der Waals surface area contributed by atoms with Crippen molar-refractivity contribution in [1.82, 2.24) is 9.97 Å². The van der Waals surface area contributed by atoms with E-state index in [2.05, 4.69) is 25.9 Å². The lowest BCUT2D eigenvalue weighted by Crippen LogP contribution is -2.05.